The van der Waals surface area contributed by atoms with Gasteiger partial charge in [0.1, 0.15) is 0 Å². The van der Waals surface area contributed by atoms with Crippen molar-refractivity contribution in [2.24, 2.45) is 0 Å². The Bertz CT molecular complexity index is 423. The molecule has 0 atom stereocenters. The van der Waals surface area contributed by atoms with Gasteiger partial charge in [0.2, 0.25) is 0 Å². The van der Waals surface area contributed by atoms with E-state index in [9.17, 15) is 4.79 Å². The summed E-state index contributed by atoms with van der Waals surface area (Å²) >= 11 is 3.41. The Labute approximate surface area is 127 Å². The Hall–Kier alpha value is -0.620. The lowest BCUT2D eigenvalue weighted by molar-refractivity contribution is 0.0614. The van der Waals surface area contributed by atoms with Crippen LogP contribution in [0.3, 0.4) is 0 Å². The summed E-state index contributed by atoms with van der Waals surface area (Å²) in [6.45, 7) is 3.98. The fourth-order valence-corrected chi connectivity index (χ4v) is 2.58. The van der Waals surface area contributed by atoms with E-state index in [0.717, 1.165) is 30.7 Å². The third kappa shape index (κ3) is 4.18. The first-order valence-electron chi connectivity index (χ1n) is 6.09. The van der Waals surface area contributed by atoms with Gasteiger partial charge < -0.3 is 10.0 Å². The molecule has 0 bridgehead atoms. The number of hydrogen-bond acceptors (Lipinski definition) is 3. The van der Waals surface area contributed by atoms with Gasteiger partial charge in [-0.1, -0.05) is 12.1 Å². The SMILES string of the molecule is Cl.O=C(c1ccccc1Br)N1CCN(CCO)CC1. The van der Waals surface area contributed by atoms with Crippen LogP contribution in [0.25, 0.3) is 0 Å². The zero-order chi connectivity index (χ0) is 13.0. The van der Waals surface area contributed by atoms with Crippen molar-refractivity contribution < 1.29 is 9.90 Å². The van der Waals surface area contributed by atoms with Crippen LogP contribution in [-0.4, -0.2) is 60.1 Å². The monoisotopic (exact) mass is 348 g/mol. The topological polar surface area (TPSA) is 43.8 Å². The number of rotatable bonds is 3. The molecule has 2 rings (SSSR count). The van der Waals surface area contributed by atoms with E-state index < -0.39 is 0 Å². The minimum absolute atomic E-state index is 0. The molecule has 1 N–H and O–H groups in total. The maximum absolute atomic E-state index is 12.3. The molecule has 0 unspecified atom stereocenters. The van der Waals surface area contributed by atoms with Crippen molar-refractivity contribution in [3.8, 4) is 0 Å². The second-order valence-corrected chi connectivity index (χ2v) is 5.19. The fourth-order valence-electron chi connectivity index (χ4n) is 2.12. The highest BCUT2D eigenvalue weighted by Gasteiger charge is 2.22. The molecular weight excluding hydrogens is 332 g/mol. The quantitative estimate of drug-likeness (QED) is 0.902. The second-order valence-electron chi connectivity index (χ2n) is 4.34. The Balaban J connectivity index is 0.00000180. The molecule has 106 valence electrons. The summed E-state index contributed by atoms with van der Waals surface area (Å²) in [7, 11) is 0. The molecule has 1 aromatic rings. The van der Waals surface area contributed by atoms with Crippen LogP contribution in [0, 0.1) is 0 Å². The summed E-state index contributed by atoms with van der Waals surface area (Å²) in [6.07, 6.45) is 0. The van der Waals surface area contributed by atoms with Gasteiger partial charge in [0.25, 0.3) is 5.91 Å². The minimum Gasteiger partial charge on any atom is -0.395 e. The lowest BCUT2D eigenvalue weighted by atomic mass is 10.2. The zero-order valence-corrected chi connectivity index (χ0v) is 13.0. The number of benzene rings is 1. The molecule has 1 aliphatic rings. The van der Waals surface area contributed by atoms with E-state index in [1.54, 1.807) is 0 Å². The first kappa shape index (κ1) is 16.4. The van der Waals surface area contributed by atoms with Crippen LogP contribution in [0.1, 0.15) is 10.4 Å². The van der Waals surface area contributed by atoms with E-state index in [1.165, 1.54) is 0 Å². The van der Waals surface area contributed by atoms with Crippen molar-refractivity contribution in [1.29, 1.82) is 0 Å². The maximum Gasteiger partial charge on any atom is 0.255 e. The zero-order valence-electron chi connectivity index (χ0n) is 10.6. The first-order chi connectivity index (χ1) is 8.72. The minimum atomic E-state index is 0. The van der Waals surface area contributed by atoms with Crippen LogP contribution in [0.15, 0.2) is 28.7 Å². The number of halogens is 2. The van der Waals surface area contributed by atoms with Crippen LogP contribution < -0.4 is 0 Å². The molecule has 1 fully saturated rings. The molecule has 19 heavy (non-hydrogen) atoms. The summed E-state index contributed by atoms with van der Waals surface area (Å²) in [5.41, 5.74) is 0.716. The Morgan fingerprint density at radius 3 is 2.42 bits per heavy atom. The van der Waals surface area contributed by atoms with Gasteiger partial charge in [-0.3, -0.25) is 9.69 Å². The largest absolute Gasteiger partial charge is 0.395 e. The Morgan fingerprint density at radius 1 is 1.21 bits per heavy atom. The summed E-state index contributed by atoms with van der Waals surface area (Å²) < 4.78 is 0.841. The molecule has 6 heteroatoms. The molecule has 1 heterocycles. The smallest absolute Gasteiger partial charge is 0.255 e. The highest BCUT2D eigenvalue weighted by atomic mass is 79.9. The van der Waals surface area contributed by atoms with Crippen molar-refractivity contribution in [3.05, 3.63) is 34.3 Å². The molecule has 1 amide bonds. The average molecular weight is 350 g/mol. The van der Waals surface area contributed by atoms with Gasteiger partial charge >= 0.3 is 0 Å². The van der Waals surface area contributed by atoms with Crippen molar-refractivity contribution >= 4 is 34.2 Å². The van der Waals surface area contributed by atoms with Crippen molar-refractivity contribution in [2.75, 3.05) is 39.3 Å². The number of piperazine rings is 1. The van der Waals surface area contributed by atoms with Gasteiger partial charge in [-0.2, -0.15) is 0 Å². The highest BCUT2D eigenvalue weighted by molar-refractivity contribution is 9.10. The normalized spacial score (nSPS) is 16.0. The van der Waals surface area contributed by atoms with Gasteiger partial charge in [0.15, 0.2) is 0 Å². The van der Waals surface area contributed by atoms with Crippen LogP contribution in [0.5, 0.6) is 0 Å². The summed E-state index contributed by atoms with van der Waals surface area (Å²) in [4.78, 5) is 16.4. The van der Waals surface area contributed by atoms with Gasteiger partial charge in [-0.15, -0.1) is 12.4 Å². The van der Waals surface area contributed by atoms with E-state index in [1.807, 2.05) is 29.2 Å². The van der Waals surface area contributed by atoms with Crippen LogP contribution >= 0.6 is 28.3 Å². The Kier molecular flexibility index (Phi) is 6.79. The van der Waals surface area contributed by atoms with E-state index >= 15 is 0 Å². The molecule has 0 saturated carbocycles. The number of aliphatic hydroxyl groups is 1. The van der Waals surface area contributed by atoms with Gasteiger partial charge in [-0.25, -0.2) is 0 Å². The number of amides is 1. The van der Waals surface area contributed by atoms with E-state index in [0.29, 0.717) is 12.1 Å². The highest BCUT2D eigenvalue weighted by Crippen LogP contribution is 2.18. The molecule has 0 aromatic heterocycles. The number of carbonyl (C=O) groups is 1. The van der Waals surface area contributed by atoms with Gasteiger partial charge in [0.05, 0.1) is 12.2 Å². The molecular formula is C13H18BrClN2O2. The number of nitrogens with zero attached hydrogens (tertiary/aromatic N) is 2. The van der Waals surface area contributed by atoms with Crippen molar-refractivity contribution in [2.45, 2.75) is 0 Å². The summed E-state index contributed by atoms with van der Waals surface area (Å²) in [5.74, 6) is 0.0751. The fraction of sp³-hybridized carbons (Fsp3) is 0.462. The average Bonchev–Trinajstić information content (AvgIpc) is 2.40. The van der Waals surface area contributed by atoms with E-state index in [-0.39, 0.29) is 24.9 Å². The number of carbonyl (C=O) groups excluding carboxylic acids is 1. The number of hydrogen-bond donors (Lipinski definition) is 1. The maximum atomic E-state index is 12.3. The lowest BCUT2D eigenvalue weighted by Gasteiger charge is -2.34. The Morgan fingerprint density at radius 2 is 1.84 bits per heavy atom. The van der Waals surface area contributed by atoms with Crippen LogP contribution in [0.4, 0.5) is 0 Å². The molecule has 1 aromatic carbocycles. The molecule has 0 spiro atoms. The van der Waals surface area contributed by atoms with E-state index in [4.69, 9.17) is 5.11 Å². The molecule has 0 aliphatic carbocycles. The third-order valence-corrected chi connectivity index (χ3v) is 3.87. The van der Waals surface area contributed by atoms with Crippen LogP contribution in [-0.2, 0) is 0 Å². The second kappa shape index (κ2) is 7.85. The number of aliphatic hydroxyl groups excluding tert-OH is 1. The van der Waals surface area contributed by atoms with E-state index in [2.05, 4.69) is 20.8 Å². The standard InChI is InChI=1S/C13H17BrN2O2.ClH/c14-12-4-2-1-3-11(12)13(18)16-7-5-15(6-8-16)9-10-17;/h1-4,17H,5-10H2;1H. The first-order valence-corrected chi connectivity index (χ1v) is 6.88. The molecule has 0 radical (unpaired) electrons. The molecule has 1 aliphatic heterocycles. The predicted octanol–water partition coefficient (Wildman–Crippen LogP) is 1.62. The van der Waals surface area contributed by atoms with Crippen molar-refractivity contribution in [1.82, 2.24) is 9.80 Å². The van der Waals surface area contributed by atoms with Gasteiger partial charge in [0, 0.05) is 37.2 Å². The van der Waals surface area contributed by atoms with Crippen molar-refractivity contribution in [3.63, 3.8) is 0 Å². The number of β-amino-alcohol motifs (C(OH)–C–C–N with tert-alkyl or cyclic N) is 1. The molecule has 1 saturated heterocycles. The summed E-state index contributed by atoms with van der Waals surface area (Å²) in [6, 6.07) is 7.50. The lowest BCUT2D eigenvalue weighted by Crippen LogP contribution is -2.49. The van der Waals surface area contributed by atoms with Gasteiger partial charge in [-0.05, 0) is 28.1 Å². The summed E-state index contributed by atoms with van der Waals surface area (Å²) in [5, 5.41) is 8.88. The third-order valence-electron chi connectivity index (χ3n) is 3.18. The predicted molar refractivity (Wildman–Crippen MR) is 80.8 cm³/mol. The van der Waals surface area contributed by atoms with Crippen LogP contribution in [0.2, 0.25) is 0 Å². The molecule has 4 nitrogen and oxygen atoms in total.